The first-order chi connectivity index (χ1) is 12.7. The Kier molecular flexibility index (Phi) is 7.05. The Morgan fingerprint density at radius 2 is 1.93 bits per heavy atom. The van der Waals surface area contributed by atoms with Crippen LogP contribution in [0, 0.1) is 11.3 Å². The van der Waals surface area contributed by atoms with Gasteiger partial charge in [-0.05, 0) is 39.0 Å². The Bertz CT molecular complexity index is 731. The highest BCUT2D eigenvalue weighted by molar-refractivity contribution is 6.32. The number of nitrogens with zero attached hydrogens (tertiary/aromatic N) is 3. The molecule has 0 bridgehead atoms. The number of ether oxygens (including phenoxy) is 1. The van der Waals surface area contributed by atoms with Crippen LogP contribution in [0.15, 0.2) is 18.2 Å². The molecule has 0 saturated carbocycles. The number of amides is 2. The highest BCUT2D eigenvalue weighted by Crippen LogP contribution is 2.20. The Balaban J connectivity index is 1.73. The summed E-state index contributed by atoms with van der Waals surface area (Å²) >= 11 is 5.97. The predicted octanol–water partition coefficient (Wildman–Crippen LogP) is 3.09. The molecule has 0 radical (unpaired) electrons. The lowest BCUT2D eigenvalue weighted by molar-refractivity contribution is -0.116. The Morgan fingerprint density at radius 1 is 1.26 bits per heavy atom. The van der Waals surface area contributed by atoms with Crippen molar-refractivity contribution in [3.8, 4) is 6.07 Å². The van der Waals surface area contributed by atoms with Crippen LogP contribution in [0.2, 0.25) is 5.02 Å². The van der Waals surface area contributed by atoms with Crippen molar-refractivity contribution >= 4 is 29.3 Å². The molecule has 0 aliphatic carbocycles. The molecule has 2 amide bonds. The molecule has 1 fully saturated rings. The third-order valence-electron chi connectivity index (χ3n) is 4.05. The average molecular weight is 393 g/mol. The highest BCUT2D eigenvalue weighted by Gasteiger charge is 2.25. The van der Waals surface area contributed by atoms with Gasteiger partial charge in [0.05, 0.1) is 10.6 Å². The second-order valence-electron chi connectivity index (χ2n) is 7.41. The van der Waals surface area contributed by atoms with Gasteiger partial charge in [-0.1, -0.05) is 11.6 Å². The van der Waals surface area contributed by atoms with E-state index in [0.717, 1.165) is 0 Å². The summed E-state index contributed by atoms with van der Waals surface area (Å²) in [6.07, 6.45) is 0.0435. The lowest BCUT2D eigenvalue weighted by Crippen LogP contribution is -2.50. The van der Waals surface area contributed by atoms with E-state index in [4.69, 9.17) is 21.6 Å². The van der Waals surface area contributed by atoms with Crippen LogP contribution in [0.1, 0.15) is 32.8 Å². The van der Waals surface area contributed by atoms with Crippen LogP contribution in [-0.2, 0) is 9.53 Å². The Morgan fingerprint density at radius 3 is 2.48 bits per heavy atom. The fourth-order valence-electron chi connectivity index (χ4n) is 2.65. The molecule has 146 valence electrons. The van der Waals surface area contributed by atoms with Crippen LogP contribution >= 0.6 is 11.6 Å². The predicted molar refractivity (Wildman–Crippen MR) is 104 cm³/mol. The molecule has 1 aliphatic rings. The van der Waals surface area contributed by atoms with E-state index in [1.165, 1.54) is 0 Å². The lowest BCUT2D eigenvalue weighted by Gasteiger charge is -2.35. The second kappa shape index (κ2) is 9.07. The minimum absolute atomic E-state index is 0.120. The minimum atomic E-state index is -0.499. The van der Waals surface area contributed by atoms with Crippen LogP contribution in [0.25, 0.3) is 0 Å². The summed E-state index contributed by atoms with van der Waals surface area (Å²) < 4.78 is 5.38. The summed E-state index contributed by atoms with van der Waals surface area (Å²) in [6.45, 7) is 8.73. The standard InChI is InChI=1S/C19H25ClN4O3/c1-19(2,3)27-18(26)24-10-8-23(9-11-24)7-6-17(25)22-15-5-4-14(13-21)16(20)12-15/h4-5,12H,6-11H2,1-3H3,(H,22,25). The number of nitrogens with one attached hydrogen (secondary N) is 1. The van der Waals surface area contributed by atoms with Crippen molar-refractivity contribution in [1.82, 2.24) is 9.80 Å². The first kappa shape index (κ1) is 21.0. The molecule has 1 N–H and O–H groups in total. The van der Waals surface area contributed by atoms with Crippen molar-refractivity contribution in [2.75, 3.05) is 38.0 Å². The normalized spacial score (nSPS) is 15.1. The minimum Gasteiger partial charge on any atom is -0.444 e. The molecule has 1 heterocycles. The van der Waals surface area contributed by atoms with Crippen LogP contribution in [0.5, 0.6) is 0 Å². The fourth-order valence-corrected chi connectivity index (χ4v) is 2.87. The smallest absolute Gasteiger partial charge is 0.410 e. The monoisotopic (exact) mass is 392 g/mol. The molecule has 1 saturated heterocycles. The second-order valence-corrected chi connectivity index (χ2v) is 7.82. The fraction of sp³-hybridized carbons (Fsp3) is 0.526. The number of hydrogen-bond acceptors (Lipinski definition) is 5. The maximum Gasteiger partial charge on any atom is 0.410 e. The van der Waals surface area contributed by atoms with E-state index in [-0.39, 0.29) is 12.0 Å². The number of hydrogen-bond donors (Lipinski definition) is 1. The maximum absolute atomic E-state index is 12.1. The largest absolute Gasteiger partial charge is 0.444 e. The number of rotatable bonds is 4. The van der Waals surface area contributed by atoms with E-state index in [9.17, 15) is 9.59 Å². The summed E-state index contributed by atoms with van der Waals surface area (Å²) in [6, 6.07) is 6.78. The number of nitriles is 1. The molecule has 1 aliphatic heterocycles. The van der Waals surface area contributed by atoms with E-state index in [1.807, 2.05) is 26.8 Å². The molecule has 27 heavy (non-hydrogen) atoms. The van der Waals surface area contributed by atoms with Crippen molar-refractivity contribution in [1.29, 1.82) is 5.26 Å². The number of halogens is 1. The van der Waals surface area contributed by atoms with Gasteiger partial charge < -0.3 is 15.0 Å². The van der Waals surface area contributed by atoms with Gasteiger partial charge >= 0.3 is 6.09 Å². The van der Waals surface area contributed by atoms with Crippen LogP contribution < -0.4 is 5.32 Å². The average Bonchev–Trinajstić information content (AvgIpc) is 2.59. The van der Waals surface area contributed by atoms with Gasteiger partial charge in [0.2, 0.25) is 5.91 Å². The zero-order valence-electron chi connectivity index (χ0n) is 15.9. The summed E-state index contributed by atoms with van der Waals surface area (Å²) in [5.74, 6) is -0.120. The van der Waals surface area contributed by atoms with E-state index in [2.05, 4.69) is 10.2 Å². The lowest BCUT2D eigenvalue weighted by atomic mass is 10.2. The van der Waals surface area contributed by atoms with Gasteiger partial charge in [-0.25, -0.2) is 4.79 Å². The molecule has 2 rings (SSSR count). The molecule has 0 aromatic heterocycles. The summed E-state index contributed by atoms with van der Waals surface area (Å²) in [5, 5.41) is 12.0. The van der Waals surface area contributed by atoms with Gasteiger partial charge in [-0.15, -0.1) is 0 Å². The molecule has 1 aromatic rings. The van der Waals surface area contributed by atoms with Gasteiger partial charge in [0, 0.05) is 44.8 Å². The van der Waals surface area contributed by atoms with Gasteiger partial charge in [-0.3, -0.25) is 9.69 Å². The number of carbonyl (C=O) groups excluding carboxylic acids is 2. The summed E-state index contributed by atoms with van der Waals surface area (Å²) in [5.41, 5.74) is 0.442. The third-order valence-corrected chi connectivity index (χ3v) is 4.37. The van der Waals surface area contributed by atoms with E-state index < -0.39 is 5.60 Å². The number of carbonyl (C=O) groups is 2. The van der Waals surface area contributed by atoms with Crippen LogP contribution in [0.3, 0.4) is 0 Å². The Hall–Kier alpha value is -2.30. The quantitative estimate of drug-likeness (QED) is 0.850. The van der Waals surface area contributed by atoms with Crippen LogP contribution in [-0.4, -0.2) is 60.1 Å². The van der Waals surface area contributed by atoms with Crippen molar-refractivity contribution in [3.05, 3.63) is 28.8 Å². The number of piperazine rings is 1. The first-order valence-electron chi connectivity index (χ1n) is 8.88. The topological polar surface area (TPSA) is 85.7 Å². The van der Waals surface area contributed by atoms with E-state index in [0.29, 0.717) is 55.4 Å². The number of benzene rings is 1. The molecule has 7 nitrogen and oxygen atoms in total. The Labute approximate surface area is 164 Å². The van der Waals surface area contributed by atoms with Crippen molar-refractivity contribution in [2.24, 2.45) is 0 Å². The SMILES string of the molecule is CC(C)(C)OC(=O)N1CCN(CCC(=O)Nc2ccc(C#N)c(Cl)c2)CC1. The summed E-state index contributed by atoms with van der Waals surface area (Å²) in [4.78, 5) is 28.0. The van der Waals surface area contributed by atoms with E-state index >= 15 is 0 Å². The third kappa shape index (κ3) is 6.74. The van der Waals surface area contributed by atoms with Gasteiger partial charge in [0.1, 0.15) is 11.7 Å². The highest BCUT2D eigenvalue weighted by atomic mass is 35.5. The zero-order chi connectivity index (χ0) is 20.0. The first-order valence-corrected chi connectivity index (χ1v) is 9.25. The van der Waals surface area contributed by atoms with Crippen molar-refractivity contribution in [2.45, 2.75) is 32.8 Å². The summed E-state index contributed by atoms with van der Waals surface area (Å²) in [7, 11) is 0. The maximum atomic E-state index is 12.1. The molecule has 0 unspecified atom stereocenters. The molecule has 0 atom stereocenters. The molecule has 0 spiro atoms. The van der Waals surface area contributed by atoms with Crippen molar-refractivity contribution in [3.63, 3.8) is 0 Å². The number of anilines is 1. The van der Waals surface area contributed by atoms with E-state index in [1.54, 1.807) is 23.1 Å². The van der Waals surface area contributed by atoms with Crippen LogP contribution in [0.4, 0.5) is 10.5 Å². The molecular weight excluding hydrogens is 368 g/mol. The molecule has 8 heteroatoms. The van der Waals surface area contributed by atoms with Gasteiger partial charge in [0.25, 0.3) is 0 Å². The van der Waals surface area contributed by atoms with Gasteiger partial charge in [-0.2, -0.15) is 5.26 Å². The van der Waals surface area contributed by atoms with Gasteiger partial charge in [0.15, 0.2) is 0 Å². The molecular formula is C19H25ClN4O3. The molecule has 1 aromatic carbocycles. The van der Waals surface area contributed by atoms with Crippen molar-refractivity contribution < 1.29 is 14.3 Å². The zero-order valence-corrected chi connectivity index (χ0v) is 16.7.